The molecule has 0 aliphatic heterocycles. The van der Waals surface area contributed by atoms with Crippen molar-refractivity contribution in [3.8, 4) is 22.1 Å². The lowest BCUT2D eigenvalue weighted by molar-refractivity contribution is 0.395. The minimum Gasteiger partial charge on any atom is -0.497 e. The minimum atomic E-state index is -0.445. The third-order valence-electron chi connectivity index (χ3n) is 3.90. The van der Waals surface area contributed by atoms with E-state index in [0.717, 1.165) is 11.1 Å². The minimum absolute atomic E-state index is 0.377. The van der Waals surface area contributed by atoms with Gasteiger partial charge >= 0.3 is 5.63 Å². The molecule has 1 N–H and O–H groups in total. The van der Waals surface area contributed by atoms with Gasteiger partial charge in [-0.15, -0.1) is 10.2 Å². The van der Waals surface area contributed by atoms with Crippen molar-refractivity contribution in [2.24, 2.45) is 0 Å². The van der Waals surface area contributed by atoms with Crippen molar-refractivity contribution < 1.29 is 13.9 Å². The summed E-state index contributed by atoms with van der Waals surface area (Å²) in [4.78, 5) is 12.3. The Balaban J connectivity index is 1.66. The van der Waals surface area contributed by atoms with Crippen LogP contribution >= 0.6 is 11.3 Å². The van der Waals surface area contributed by atoms with Crippen LogP contribution in [-0.2, 0) is 0 Å². The smallest absolute Gasteiger partial charge is 0.346 e. The maximum Gasteiger partial charge on any atom is 0.346 e. The average molecular weight is 381 g/mol. The highest BCUT2D eigenvalue weighted by molar-refractivity contribution is 7.18. The summed E-state index contributed by atoms with van der Waals surface area (Å²) < 4.78 is 15.9. The standard InChI is InChI=1S/C19H15N3O4S/c1-24-13-8-12(9-14(10-13)25-2)20-19-22-21-17(27-19)15-7-11-5-3-4-6-16(11)26-18(15)23/h3-10H,1-2H3,(H,20,22). The third kappa shape index (κ3) is 3.47. The monoisotopic (exact) mass is 381 g/mol. The summed E-state index contributed by atoms with van der Waals surface area (Å²) >= 11 is 1.26. The lowest BCUT2D eigenvalue weighted by atomic mass is 10.2. The zero-order valence-corrected chi connectivity index (χ0v) is 15.4. The quantitative estimate of drug-likeness (QED) is 0.521. The van der Waals surface area contributed by atoms with Crippen LogP contribution in [0.3, 0.4) is 0 Å². The lowest BCUT2D eigenvalue weighted by Gasteiger charge is -2.08. The Morgan fingerprint density at radius 1 is 1.00 bits per heavy atom. The van der Waals surface area contributed by atoms with E-state index in [1.54, 1.807) is 32.4 Å². The Morgan fingerprint density at radius 3 is 2.48 bits per heavy atom. The van der Waals surface area contributed by atoms with Crippen molar-refractivity contribution in [2.75, 3.05) is 19.5 Å². The molecule has 8 heteroatoms. The van der Waals surface area contributed by atoms with Crippen molar-refractivity contribution in [2.45, 2.75) is 0 Å². The predicted octanol–water partition coefficient (Wildman–Crippen LogP) is 4.07. The van der Waals surface area contributed by atoms with Crippen LogP contribution in [0.15, 0.2) is 57.7 Å². The first-order valence-corrected chi connectivity index (χ1v) is 8.85. The molecule has 0 amide bonds. The van der Waals surface area contributed by atoms with Gasteiger partial charge in [0.2, 0.25) is 5.13 Å². The molecule has 0 aliphatic carbocycles. The van der Waals surface area contributed by atoms with Gasteiger partial charge in [0, 0.05) is 29.3 Å². The molecule has 4 rings (SSSR count). The van der Waals surface area contributed by atoms with Gasteiger partial charge in [0.15, 0.2) is 5.01 Å². The van der Waals surface area contributed by atoms with Gasteiger partial charge in [0.25, 0.3) is 0 Å². The van der Waals surface area contributed by atoms with Crippen molar-refractivity contribution >= 4 is 33.1 Å². The molecule has 0 spiro atoms. The average Bonchev–Trinajstić information content (AvgIpc) is 3.15. The zero-order chi connectivity index (χ0) is 18.8. The number of aromatic nitrogens is 2. The summed E-state index contributed by atoms with van der Waals surface area (Å²) in [5, 5.41) is 13.2. The lowest BCUT2D eigenvalue weighted by Crippen LogP contribution is -2.02. The maximum atomic E-state index is 12.3. The fraction of sp³-hybridized carbons (Fsp3) is 0.105. The van der Waals surface area contributed by atoms with E-state index < -0.39 is 5.63 Å². The van der Waals surface area contributed by atoms with Crippen LogP contribution in [0.4, 0.5) is 10.8 Å². The number of nitrogens with zero attached hydrogens (tertiary/aromatic N) is 2. The molecule has 136 valence electrons. The fourth-order valence-electron chi connectivity index (χ4n) is 2.60. The normalized spacial score (nSPS) is 10.7. The second-order valence-electron chi connectivity index (χ2n) is 5.62. The number of benzene rings is 2. The maximum absolute atomic E-state index is 12.3. The number of ether oxygens (including phenoxy) is 2. The first kappa shape index (κ1) is 17.0. The van der Waals surface area contributed by atoms with Crippen molar-refractivity contribution in [3.05, 3.63) is 59.0 Å². The van der Waals surface area contributed by atoms with Gasteiger partial charge in [-0.25, -0.2) is 4.79 Å². The number of nitrogens with one attached hydrogen (secondary N) is 1. The Bertz CT molecular complexity index is 1150. The highest BCUT2D eigenvalue weighted by atomic mass is 32.1. The summed E-state index contributed by atoms with van der Waals surface area (Å²) in [7, 11) is 3.17. The fourth-order valence-corrected chi connectivity index (χ4v) is 3.36. The number of fused-ring (bicyclic) bond motifs is 1. The van der Waals surface area contributed by atoms with E-state index in [-0.39, 0.29) is 0 Å². The summed E-state index contributed by atoms with van der Waals surface area (Å²) in [6.07, 6.45) is 0. The van der Waals surface area contributed by atoms with E-state index in [4.69, 9.17) is 13.9 Å². The van der Waals surface area contributed by atoms with E-state index in [2.05, 4.69) is 15.5 Å². The van der Waals surface area contributed by atoms with Gasteiger partial charge in [0.1, 0.15) is 17.1 Å². The van der Waals surface area contributed by atoms with Gasteiger partial charge < -0.3 is 19.2 Å². The van der Waals surface area contributed by atoms with Crippen molar-refractivity contribution in [1.82, 2.24) is 10.2 Å². The van der Waals surface area contributed by atoms with Gasteiger partial charge in [-0.1, -0.05) is 29.5 Å². The molecule has 7 nitrogen and oxygen atoms in total. The first-order chi connectivity index (χ1) is 13.2. The molecule has 0 radical (unpaired) electrons. The Labute approximate surface area is 158 Å². The van der Waals surface area contributed by atoms with Crippen LogP contribution in [0.2, 0.25) is 0 Å². The van der Waals surface area contributed by atoms with E-state index in [1.807, 2.05) is 30.3 Å². The molecule has 2 aromatic heterocycles. The topological polar surface area (TPSA) is 86.5 Å². The first-order valence-electron chi connectivity index (χ1n) is 8.03. The molecule has 0 saturated carbocycles. The zero-order valence-electron chi connectivity index (χ0n) is 14.6. The summed E-state index contributed by atoms with van der Waals surface area (Å²) in [5.74, 6) is 1.30. The van der Waals surface area contributed by atoms with E-state index >= 15 is 0 Å². The molecule has 0 bridgehead atoms. The Kier molecular flexibility index (Phi) is 4.47. The molecule has 4 aromatic rings. The molecule has 0 saturated heterocycles. The highest BCUT2D eigenvalue weighted by Gasteiger charge is 2.14. The molecular weight excluding hydrogens is 366 g/mol. The number of para-hydroxylation sites is 1. The Hall–Kier alpha value is -3.39. The van der Waals surface area contributed by atoms with Gasteiger partial charge in [-0.2, -0.15) is 0 Å². The molecule has 0 atom stereocenters. The predicted molar refractivity (Wildman–Crippen MR) is 104 cm³/mol. The van der Waals surface area contributed by atoms with Gasteiger partial charge in [-0.05, 0) is 12.1 Å². The molecule has 0 fully saturated rings. The van der Waals surface area contributed by atoms with Crippen LogP contribution in [-0.4, -0.2) is 24.4 Å². The largest absolute Gasteiger partial charge is 0.497 e. The number of rotatable bonds is 5. The van der Waals surface area contributed by atoms with Crippen LogP contribution in [0.1, 0.15) is 0 Å². The SMILES string of the molecule is COc1cc(Nc2nnc(-c3cc4ccccc4oc3=O)s2)cc(OC)c1. The van der Waals surface area contributed by atoms with Crippen molar-refractivity contribution in [1.29, 1.82) is 0 Å². The van der Waals surface area contributed by atoms with Crippen LogP contribution < -0.4 is 20.4 Å². The molecule has 2 heterocycles. The highest BCUT2D eigenvalue weighted by Crippen LogP contribution is 2.31. The second kappa shape index (κ2) is 7.08. The molecule has 27 heavy (non-hydrogen) atoms. The second-order valence-corrected chi connectivity index (χ2v) is 6.60. The van der Waals surface area contributed by atoms with E-state index in [1.165, 1.54) is 11.3 Å². The molecule has 0 unspecified atom stereocenters. The van der Waals surface area contributed by atoms with Gasteiger partial charge in [0.05, 0.1) is 19.8 Å². The number of hydrogen-bond donors (Lipinski definition) is 1. The van der Waals surface area contributed by atoms with Crippen LogP contribution in [0.25, 0.3) is 21.5 Å². The third-order valence-corrected chi connectivity index (χ3v) is 4.77. The van der Waals surface area contributed by atoms with E-state index in [9.17, 15) is 4.79 Å². The molecule has 2 aromatic carbocycles. The summed E-state index contributed by atoms with van der Waals surface area (Å²) in [6.45, 7) is 0. The van der Waals surface area contributed by atoms with Gasteiger partial charge in [-0.3, -0.25) is 0 Å². The number of anilines is 2. The summed E-state index contributed by atoms with van der Waals surface area (Å²) in [6, 6.07) is 14.5. The molecule has 0 aliphatic rings. The van der Waals surface area contributed by atoms with Crippen LogP contribution in [0, 0.1) is 0 Å². The summed E-state index contributed by atoms with van der Waals surface area (Å²) in [5.41, 5.74) is 1.21. The molecular formula is C19H15N3O4S. The van der Waals surface area contributed by atoms with E-state index in [0.29, 0.717) is 32.8 Å². The van der Waals surface area contributed by atoms with Crippen molar-refractivity contribution in [3.63, 3.8) is 0 Å². The Morgan fingerprint density at radius 2 is 1.74 bits per heavy atom. The number of hydrogen-bond acceptors (Lipinski definition) is 8. The van der Waals surface area contributed by atoms with Crippen LogP contribution in [0.5, 0.6) is 11.5 Å². The number of methoxy groups -OCH3 is 2.